The van der Waals surface area contributed by atoms with Crippen LogP contribution in [0, 0.1) is 6.92 Å². The summed E-state index contributed by atoms with van der Waals surface area (Å²) in [5, 5.41) is 3.60. The van der Waals surface area contributed by atoms with Crippen LogP contribution in [-0.2, 0) is 0 Å². The van der Waals surface area contributed by atoms with Gasteiger partial charge >= 0.3 is 0 Å². The Labute approximate surface area is 147 Å². The van der Waals surface area contributed by atoms with E-state index < -0.39 is 0 Å². The number of nitrogens with zero attached hydrogens (tertiary/aromatic N) is 1. The van der Waals surface area contributed by atoms with Crippen molar-refractivity contribution < 1.29 is 4.79 Å². The molecule has 0 unspecified atom stereocenters. The number of aryl methyl sites for hydroxylation is 1. The van der Waals surface area contributed by atoms with Crippen molar-refractivity contribution in [3.63, 3.8) is 0 Å². The minimum absolute atomic E-state index is 0.249. The Kier molecular flexibility index (Phi) is 6.31. The molecule has 23 heavy (non-hydrogen) atoms. The first-order chi connectivity index (χ1) is 11.0. The number of amides is 1. The standard InChI is InChI=1S/C18H20Cl2N2O/c1-3-22(14-7-4-6-13(2)12-14)11-10-21-18(23)17-15(19)8-5-9-16(17)20/h4-9,12H,3,10-11H2,1-2H3,(H,21,23). The van der Waals surface area contributed by atoms with Crippen LogP contribution in [0.4, 0.5) is 5.69 Å². The van der Waals surface area contributed by atoms with Gasteiger partial charge in [-0.3, -0.25) is 4.79 Å². The number of hydrogen-bond donors (Lipinski definition) is 1. The van der Waals surface area contributed by atoms with Crippen LogP contribution in [0.25, 0.3) is 0 Å². The average molecular weight is 351 g/mol. The first-order valence-electron chi connectivity index (χ1n) is 7.56. The molecule has 0 aliphatic rings. The maximum absolute atomic E-state index is 12.2. The zero-order chi connectivity index (χ0) is 16.8. The molecule has 2 aromatic carbocycles. The summed E-state index contributed by atoms with van der Waals surface area (Å²) in [6.07, 6.45) is 0. The van der Waals surface area contributed by atoms with E-state index in [1.807, 2.05) is 6.07 Å². The van der Waals surface area contributed by atoms with Crippen molar-refractivity contribution in [2.24, 2.45) is 0 Å². The van der Waals surface area contributed by atoms with Gasteiger partial charge in [0.1, 0.15) is 0 Å². The Morgan fingerprint density at radius 1 is 1.13 bits per heavy atom. The number of benzene rings is 2. The van der Waals surface area contributed by atoms with Gasteiger partial charge in [0.15, 0.2) is 0 Å². The second-order valence-electron chi connectivity index (χ2n) is 5.27. The predicted molar refractivity (Wildman–Crippen MR) is 97.9 cm³/mol. The van der Waals surface area contributed by atoms with E-state index in [2.05, 4.69) is 42.3 Å². The third kappa shape index (κ3) is 4.63. The van der Waals surface area contributed by atoms with Crippen LogP contribution >= 0.6 is 23.2 Å². The summed E-state index contributed by atoms with van der Waals surface area (Å²) in [7, 11) is 0. The maximum Gasteiger partial charge on any atom is 0.254 e. The summed E-state index contributed by atoms with van der Waals surface area (Å²) >= 11 is 12.1. The summed E-state index contributed by atoms with van der Waals surface area (Å²) in [6, 6.07) is 13.4. The van der Waals surface area contributed by atoms with Crippen molar-refractivity contribution >= 4 is 34.8 Å². The fourth-order valence-corrected chi connectivity index (χ4v) is 2.97. The lowest BCUT2D eigenvalue weighted by Gasteiger charge is -2.23. The number of hydrogen-bond acceptors (Lipinski definition) is 2. The van der Waals surface area contributed by atoms with Crippen molar-refractivity contribution in [1.82, 2.24) is 5.32 Å². The number of nitrogens with one attached hydrogen (secondary N) is 1. The Hall–Kier alpha value is -1.71. The van der Waals surface area contributed by atoms with E-state index in [1.165, 1.54) is 5.56 Å². The number of anilines is 1. The highest BCUT2D eigenvalue weighted by Gasteiger charge is 2.14. The van der Waals surface area contributed by atoms with Gasteiger partial charge in [0.2, 0.25) is 0 Å². The smallest absolute Gasteiger partial charge is 0.254 e. The molecule has 0 saturated heterocycles. The molecule has 3 nitrogen and oxygen atoms in total. The van der Waals surface area contributed by atoms with Gasteiger partial charge in [-0.05, 0) is 43.7 Å². The molecule has 0 saturated carbocycles. The lowest BCUT2D eigenvalue weighted by atomic mass is 10.2. The molecule has 0 fully saturated rings. The van der Waals surface area contributed by atoms with Gasteiger partial charge in [0.05, 0.1) is 15.6 Å². The van der Waals surface area contributed by atoms with Crippen LogP contribution in [-0.4, -0.2) is 25.5 Å². The average Bonchev–Trinajstić information content (AvgIpc) is 2.51. The molecule has 0 aromatic heterocycles. The normalized spacial score (nSPS) is 10.4. The van der Waals surface area contributed by atoms with Gasteiger partial charge < -0.3 is 10.2 Å². The molecule has 1 N–H and O–H groups in total. The van der Waals surface area contributed by atoms with Gasteiger partial charge in [-0.1, -0.05) is 41.4 Å². The lowest BCUT2D eigenvalue weighted by molar-refractivity contribution is 0.0955. The highest BCUT2D eigenvalue weighted by Crippen LogP contribution is 2.23. The van der Waals surface area contributed by atoms with Crippen molar-refractivity contribution in [1.29, 1.82) is 0 Å². The van der Waals surface area contributed by atoms with Crippen LogP contribution in [0.2, 0.25) is 10.0 Å². The number of likely N-dealkylation sites (N-methyl/N-ethyl adjacent to an activating group) is 1. The van der Waals surface area contributed by atoms with E-state index in [0.717, 1.165) is 12.2 Å². The van der Waals surface area contributed by atoms with E-state index >= 15 is 0 Å². The Balaban J connectivity index is 1.97. The number of carbonyl (C=O) groups excluding carboxylic acids is 1. The third-order valence-corrected chi connectivity index (χ3v) is 4.24. The van der Waals surface area contributed by atoms with Crippen LogP contribution in [0.15, 0.2) is 42.5 Å². The Morgan fingerprint density at radius 3 is 2.39 bits per heavy atom. The van der Waals surface area contributed by atoms with E-state index in [9.17, 15) is 4.79 Å². The highest BCUT2D eigenvalue weighted by molar-refractivity contribution is 6.39. The van der Waals surface area contributed by atoms with E-state index in [0.29, 0.717) is 28.7 Å². The quantitative estimate of drug-likeness (QED) is 0.828. The second-order valence-corrected chi connectivity index (χ2v) is 6.09. The molecule has 1 amide bonds. The monoisotopic (exact) mass is 350 g/mol. The SMILES string of the molecule is CCN(CCNC(=O)c1c(Cl)cccc1Cl)c1cccc(C)c1. The molecule has 122 valence electrons. The topological polar surface area (TPSA) is 32.3 Å². The summed E-state index contributed by atoms with van der Waals surface area (Å²) in [5.74, 6) is -0.249. The van der Waals surface area contributed by atoms with Crippen molar-refractivity contribution in [2.75, 3.05) is 24.5 Å². The van der Waals surface area contributed by atoms with E-state index in [4.69, 9.17) is 23.2 Å². The van der Waals surface area contributed by atoms with E-state index in [-0.39, 0.29) is 5.91 Å². The Bertz CT molecular complexity index is 668. The van der Waals surface area contributed by atoms with Crippen molar-refractivity contribution in [3.8, 4) is 0 Å². The van der Waals surface area contributed by atoms with Gasteiger partial charge in [0, 0.05) is 25.3 Å². The number of carbonyl (C=O) groups is 1. The highest BCUT2D eigenvalue weighted by atomic mass is 35.5. The van der Waals surface area contributed by atoms with Crippen molar-refractivity contribution in [2.45, 2.75) is 13.8 Å². The van der Waals surface area contributed by atoms with Crippen LogP contribution in [0.5, 0.6) is 0 Å². The molecule has 0 spiro atoms. The molecule has 0 atom stereocenters. The Morgan fingerprint density at radius 2 is 1.78 bits per heavy atom. The van der Waals surface area contributed by atoms with Gasteiger partial charge in [0.25, 0.3) is 5.91 Å². The molecule has 0 bridgehead atoms. The minimum atomic E-state index is -0.249. The maximum atomic E-state index is 12.2. The summed E-state index contributed by atoms with van der Waals surface area (Å²) < 4.78 is 0. The molecule has 2 aromatic rings. The first-order valence-corrected chi connectivity index (χ1v) is 8.32. The molecule has 0 aliphatic carbocycles. The largest absolute Gasteiger partial charge is 0.370 e. The minimum Gasteiger partial charge on any atom is -0.370 e. The predicted octanol–water partition coefficient (Wildman–Crippen LogP) is 4.56. The summed E-state index contributed by atoms with van der Waals surface area (Å²) in [4.78, 5) is 14.5. The molecular formula is C18H20Cl2N2O. The number of rotatable bonds is 6. The van der Waals surface area contributed by atoms with Crippen molar-refractivity contribution in [3.05, 3.63) is 63.6 Å². The molecule has 0 heterocycles. The summed E-state index contributed by atoms with van der Waals surface area (Å²) in [6.45, 7) is 6.26. The van der Waals surface area contributed by atoms with Gasteiger partial charge in [-0.15, -0.1) is 0 Å². The van der Waals surface area contributed by atoms with Crippen LogP contribution in [0.3, 0.4) is 0 Å². The molecule has 0 radical (unpaired) electrons. The van der Waals surface area contributed by atoms with E-state index in [1.54, 1.807) is 18.2 Å². The third-order valence-electron chi connectivity index (χ3n) is 3.61. The van der Waals surface area contributed by atoms with Crippen LogP contribution in [0.1, 0.15) is 22.8 Å². The molecule has 0 aliphatic heterocycles. The second kappa shape index (κ2) is 8.23. The molecular weight excluding hydrogens is 331 g/mol. The first kappa shape index (κ1) is 17.6. The number of halogens is 2. The zero-order valence-electron chi connectivity index (χ0n) is 13.3. The van der Waals surface area contributed by atoms with Gasteiger partial charge in [-0.25, -0.2) is 0 Å². The fraction of sp³-hybridized carbons (Fsp3) is 0.278. The summed E-state index contributed by atoms with van der Waals surface area (Å²) in [5.41, 5.74) is 2.69. The molecule has 5 heteroatoms. The fourth-order valence-electron chi connectivity index (χ4n) is 2.40. The van der Waals surface area contributed by atoms with Crippen LogP contribution < -0.4 is 10.2 Å². The molecule has 2 rings (SSSR count). The zero-order valence-corrected chi connectivity index (χ0v) is 14.8. The lowest BCUT2D eigenvalue weighted by Crippen LogP contribution is -2.35. The van der Waals surface area contributed by atoms with Gasteiger partial charge in [-0.2, -0.15) is 0 Å².